The summed E-state index contributed by atoms with van der Waals surface area (Å²) < 4.78 is 0. The highest BCUT2D eigenvalue weighted by molar-refractivity contribution is 7.15. The number of hydrogen-bond donors (Lipinski definition) is 2. The number of rotatable bonds is 4. The van der Waals surface area contributed by atoms with Gasteiger partial charge in [-0.3, -0.25) is 4.79 Å². The van der Waals surface area contributed by atoms with Gasteiger partial charge in [-0.05, 0) is 37.2 Å². The molecule has 0 aliphatic carbocycles. The number of halogens is 1. The molecule has 0 bridgehead atoms. The van der Waals surface area contributed by atoms with Crippen LogP contribution < -0.4 is 11.1 Å². The second kappa shape index (κ2) is 18.6. The van der Waals surface area contributed by atoms with Gasteiger partial charge < -0.3 is 16.0 Å². The summed E-state index contributed by atoms with van der Waals surface area (Å²) in [6.45, 7) is 13.1. The Morgan fingerprint density at radius 2 is 1.70 bits per heavy atom. The molecule has 1 aliphatic heterocycles. The fourth-order valence-corrected chi connectivity index (χ4v) is 3.52. The van der Waals surface area contributed by atoms with E-state index in [0.717, 1.165) is 41.6 Å². The van der Waals surface area contributed by atoms with E-state index in [1.54, 1.807) is 37.6 Å². The fourth-order valence-electron chi connectivity index (χ4n) is 2.35. The summed E-state index contributed by atoms with van der Waals surface area (Å²) in [5, 5.41) is 14.0. The van der Waals surface area contributed by atoms with Crippen molar-refractivity contribution in [3.63, 3.8) is 0 Å². The molecule has 0 spiro atoms. The minimum absolute atomic E-state index is 0.112. The average Bonchev–Trinajstić information content (AvgIpc) is 3.31. The molecule has 6 nitrogen and oxygen atoms in total. The molecule has 3 rings (SSSR count). The summed E-state index contributed by atoms with van der Waals surface area (Å²) in [7, 11) is 3.41. The predicted octanol–water partition coefficient (Wildman–Crippen LogP) is 6.12. The molecule has 8 heteroatoms. The first-order valence-corrected chi connectivity index (χ1v) is 13.0. The lowest BCUT2D eigenvalue weighted by Crippen LogP contribution is -2.21. The summed E-state index contributed by atoms with van der Waals surface area (Å²) in [4.78, 5) is 13.5. The van der Waals surface area contributed by atoms with Crippen molar-refractivity contribution >= 4 is 34.4 Å². The van der Waals surface area contributed by atoms with Crippen LogP contribution in [0.1, 0.15) is 75.7 Å². The Morgan fingerprint density at radius 1 is 1.12 bits per heavy atom. The summed E-state index contributed by atoms with van der Waals surface area (Å²) in [5.74, 6) is -0.112. The van der Waals surface area contributed by atoms with Crippen molar-refractivity contribution in [1.82, 2.24) is 20.4 Å². The SMILES string of the molecule is CCC.CCCC.CCN.CN(C)C(=O)c1ccc(-c2nnc(C3=CCNCC3)s2)cc1Cl. The number of amides is 1. The quantitative estimate of drug-likeness (QED) is 0.533. The lowest BCUT2D eigenvalue weighted by atomic mass is 10.1. The van der Waals surface area contributed by atoms with Gasteiger partial charge in [-0.1, -0.05) is 89.0 Å². The van der Waals surface area contributed by atoms with Gasteiger partial charge in [0.05, 0.1) is 10.6 Å². The average molecular weight is 496 g/mol. The smallest absolute Gasteiger partial charge is 0.254 e. The van der Waals surface area contributed by atoms with Crippen molar-refractivity contribution in [2.45, 2.75) is 60.3 Å². The normalized spacial score (nSPS) is 12.1. The maximum Gasteiger partial charge on any atom is 0.254 e. The molecule has 2 heterocycles. The molecule has 0 saturated heterocycles. The molecular weight excluding hydrogens is 454 g/mol. The molecule has 0 unspecified atom stereocenters. The minimum Gasteiger partial charge on any atom is -0.345 e. The van der Waals surface area contributed by atoms with E-state index in [2.05, 4.69) is 49.3 Å². The monoisotopic (exact) mass is 495 g/mol. The van der Waals surface area contributed by atoms with Gasteiger partial charge in [-0.2, -0.15) is 0 Å². The molecule has 33 heavy (non-hydrogen) atoms. The third kappa shape index (κ3) is 11.8. The van der Waals surface area contributed by atoms with Gasteiger partial charge in [0.1, 0.15) is 10.0 Å². The highest BCUT2D eigenvalue weighted by Crippen LogP contribution is 2.31. The molecule has 1 aromatic heterocycles. The summed E-state index contributed by atoms with van der Waals surface area (Å²) in [6.07, 6.45) is 7.01. The van der Waals surface area contributed by atoms with E-state index in [1.807, 2.05) is 13.0 Å². The predicted molar refractivity (Wildman–Crippen MR) is 145 cm³/mol. The summed E-state index contributed by atoms with van der Waals surface area (Å²) in [6, 6.07) is 5.38. The second-order valence-electron chi connectivity index (χ2n) is 7.61. The van der Waals surface area contributed by atoms with E-state index >= 15 is 0 Å². The number of hydrogen-bond acceptors (Lipinski definition) is 6. The molecule has 0 saturated carbocycles. The number of aromatic nitrogens is 2. The molecule has 1 aliphatic rings. The highest BCUT2D eigenvalue weighted by atomic mass is 35.5. The molecule has 0 atom stereocenters. The van der Waals surface area contributed by atoms with Gasteiger partial charge in [-0.15, -0.1) is 10.2 Å². The van der Waals surface area contributed by atoms with Crippen LogP contribution >= 0.6 is 22.9 Å². The number of nitrogens with one attached hydrogen (secondary N) is 1. The Balaban J connectivity index is 0.000000876. The Kier molecular flexibility index (Phi) is 17.6. The van der Waals surface area contributed by atoms with Crippen LogP contribution in [0.2, 0.25) is 5.02 Å². The van der Waals surface area contributed by atoms with Crippen molar-refractivity contribution in [2.24, 2.45) is 5.73 Å². The highest BCUT2D eigenvalue weighted by Gasteiger charge is 2.16. The van der Waals surface area contributed by atoms with Crippen LogP contribution in [-0.4, -0.2) is 54.7 Å². The molecule has 1 amide bonds. The van der Waals surface area contributed by atoms with Crippen molar-refractivity contribution in [3.8, 4) is 10.6 Å². The molecule has 0 fully saturated rings. The number of benzene rings is 1. The molecule has 3 N–H and O–H groups in total. The van der Waals surface area contributed by atoms with E-state index in [1.165, 1.54) is 29.7 Å². The van der Waals surface area contributed by atoms with Crippen LogP contribution in [0.4, 0.5) is 0 Å². The lowest BCUT2D eigenvalue weighted by Gasteiger charge is -2.12. The van der Waals surface area contributed by atoms with E-state index in [0.29, 0.717) is 10.6 Å². The van der Waals surface area contributed by atoms with Crippen LogP contribution in [0.25, 0.3) is 16.1 Å². The molecular formula is C25H42ClN5OS. The third-order valence-electron chi connectivity index (χ3n) is 4.12. The molecule has 186 valence electrons. The van der Waals surface area contributed by atoms with Gasteiger partial charge >= 0.3 is 0 Å². The first-order valence-electron chi connectivity index (χ1n) is 11.8. The van der Waals surface area contributed by atoms with E-state index in [-0.39, 0.29) is 5.91 Å². The fraction of sp³-hybridized carbons (Fsp3) is 0.560. The number of unbranched alkanes of at least 4 members (excludes halogenated alkanes) is 1. The van der Waals surface area contributed by atoms with Gasteiger partial charge in [0.2, 0.25) is 0 Å². The van der Waals surface area contributed by atoms with Crippen LogP contribution in [0.15, 0.2) is 24.3 Å². The van der Waals surface area contributed by atoms with Gasteiger partial charge in [0.15, 0.2) is 0 Å². The van der Waals surface area contributed by atoms with Gasteiger partial charge in [0.25, 0.3) is 5.91 Å². The molecule has 1 aromatic carbocycles. The van der Waals surface area contributed by atoms with E-state index in [9.17, 15) is 4.79 Å². The van der Waals surface area contributed by atoms with Crippen LogP contribution in [0, 0.1) is 0 Å². The Bertz CT molecular complexity index is 832. The first kappa shape index (κ1) is 31.2. The van der Waals surface area contributed by atoms with Crippen LogP contribution in [-0.2, 0) is 0 Å². The summed E-state index contributed by atoms with van der Waals surface area (Å²) in [5.41, 5.74) is 7.45. The zero-order chi connectivity index (χ0) is 25.2. The first-order chi connectivity index (χ1) is 15.8. The molecule has 2 aromatic rings. The lowest BCUT2D eigenvalue weighted by molar-refractivity contribution is 0.0828. The van der Waals surface area contributed by atoms with Gasteiger partial charge in [0, 0.05) is 26.2 Å². The maximum atomic E-state index is 12.0. The second-order valence-corrected chi connectivity index (χ2v) is 8.99. The number of carbonyl (C=O) groups excluding carboxylic acids is 1. The van der Waals surface area contributed by atoms with Crippen molar-refractivity contribution in [3.05, 3.63) is 39.9 Å². The van der Waals surface area contributed by atoms with Crippen molar-refractivity contribution in [2.75, 3.05) is 33.7 Å². The Labute approximate surface area is 209 Å². The standard InChI is InChI=1S/C16H17ClN4OS.C4H10.C3H8.C2H7N/c1-21(2)16(22)12-4-3-11(9-13(12)17)15-20-19-14(23-15)10-5-7-18-8-6-10;1-3-4-2;1-3-2;1-2-3/h3-5,9,18H,6-8H2,1-2H3;3-4H2,1-2H3;3H2,1-2H3;2-3H2,1H3. The topological polar surface area (TPSA) is 84.1 Å². The number of carbonyl (C=O) groups is 1. The zero-order valence-electron chi connectivity index (χ0n) is 21.4. The van der Waals surface area contributed by atoms with Crippen molar-refractivity contribution < 1.29 is 4.79 Å². The largest absolute Gasteiger partial charge is 0.345 e. The third-order valence-corrected chi connectivity index (χ3v) is 5.48. The van der Waals surface area contributed by atoms with Gasteiger partial charge in [-0.25, -0.2) is 0 Å². The van der Waals surface area contributed by atoms with Crippen LogP contribution in [0.5, 0.6) is 0 Å². The maximum absolute atomic E-state index is 12.0. The van der Waals surface area contributed by atoms with E-state index < -0.39 is 0 Å². The summed E-state index contributed by atoms with van der Waals surface area (Å²) >= 11 is 7.81. The van der Waals surface area contributed by atoms with Crippen molar-refractivity contribution in [1.29, 1.82) is 0 Å². The number of nitrogens with two attached hydrogens (primary N) is 1. The molecule has 0 radical (unpaired) electrons. The Hall–Kier alpha value is -1.80. The zero-order valence-corrected chi connectivity index (χ0v) is 22.9. The Morgan fingerprint density at radius 3 is 2.15 bits per heavy atom. The van der Waals surface area contributed by atoms with E-state index in [4.69, 9.17) is 17.3 Å². The number of nitrogens with zero attached hydrogens (tertiary/aromatic N) is 3. The van der Waals surface area contributed by atoms with Crippen LogP contribution in [0.3, 0.4) is 0 Å². The minimum atomic E-state index is -0.112.